The fourth-order valence-corrected chi connectivity index (χ4v) is 4.54. The number of Topliss-reactive ketones (excluding diaryl/α,β-unsaturated/α-hetero) is 1. The maximum absolute atomic E-state index is 13.1. The number of aryl methyl sites for hydroxylation is 1. The molecule has 0 unspecified atom stereocenters. The van der Waals surface area contributed by atoms with Gasteiger partial charge in [0, 0.05) is 29.2 Å². The molecule has 2 aliphatic heterocycles. The number of ether oxygens (including phenoxy) is 2. The number of rotatable bonds is 4. The van der Waals surface area contributed by atoms with Crippen LogP contribution < -0.4 is 9.47 Å². The number of halogens is 1. The van der Waals surface area contributed by atoms with Crippen LogP contribution in [0.2, 0.25) is 5.02 Å². The third kappa shape index (κ3) is 3.81. The molecule has 32 heavy (non-hydrogen) atoms. The molecule has 0 saturated heterocycles. The molecular formula is C27H24ClNO3. The van der Waals surface area contributed by atoms with Crippen LogP contribution in [0.5, 0.6) is 11.5 Å². The van der Waals surface area contributed by atoms with Gasteiger partial charge in [0.25, 0.3) is 0 Å². The Kier molecular flexibility index (Phi) is 5.50. The van der Waals surface area contributed by atoms with E-state index in [-0.39, 0.29) is 5.78 Å². The molecule has 2 heterocycles. The molecular weight excluding hydrogens is 422 g/mol. The van der Waals surface area contributed by atoms with Crippen LogP contribution >= 0.6 is 11.6 Å². The van der Waals surface area contributed by atoms with Crippen molar-refractivity contribution >= 4 is 23.5 Å². The highest BCUT2D eigenvalue weighted by atomic mass is 35.5. The molecule has 5 rings (SSSR count). The predicted molar refractivity (Wildman–Crippen MR) is 126 cm³/mol. The van der Waals surface area contributed by atoms with Crippen molar-refractivity contribution in [2.45, 2.75) is 26.8 Å². The largest absolute Gasteiger partial charge is 0.477 e. The molecule has 5 heteroatoms. The van der Waals surface area contributed by atoms with Crippen molar-refractivity contribution in [3.63, 3.8) is 0 Å². The summed E-state index contributed by atoms with van der Waals surface area (Å²) in [6, 6.07) is 17.8. The Bertz CT molecular complexity index is 1250. The zero-order chi connectivity index (χ0) is 22.2. The minimum atomic E-state index is -0.0812. The van der Waals surface area contributed by atoms with E-state index in [1.54, 1.807) is 0 Å². The summed E-state index contributed by atoms with van der Waals surface area (Å²) in [6.07, 6.45) is 2.67. The Morgan fingerprint density at radius 1 is 1.06 bits per heavy atom. The molecule has 0 atom stereocenters. The number of ketones is 1. The summed E-state index contributed by atoms with van der Waals surface area (Å²) < 4.78 is 12.1. The Morgan fingerprint density at radius 2 is 1.84 bits per heavy atom. The number of fused-ring (bicyclic) bond motifs is 2. The maximum atomic E-state index is 13.1. The van der Waals surface area contributed by atoms with E-state index in [4.69, 9.17) is 21.1 Å². The summed E-state index contributed by atoms with van der Waals surface area (Å²) in [5.74, 6) is 1.71. The summed E-state index contributed by atoms with van der Waals surface area (Å²) in [5, 5.41) is 0.787. The van der Waals surface area contributed by atoms with Crippen molar-refractivity contribution in [2.24, 2.45) is 0 Å². The van der Waals surface area contributed by atoms with Gasteiger partial charge in [-0.25, -0.2) is 0 Å². The second kappa shape index (κ2) is 8.45. The molecule has 0 radical (unpaired) electrons. The zero-order valence-electron chi connectivity index (χ0n) is 18.2. The first-order chi connectivity index (χ1) is 15.5. The summed E-state index contributed by atoms with van der Waals surface area (Å²) in [7, 11) is 0. The summed E-state index contributed by atoms with van der Waals surface area (Å²) in [5.41, 5.74) is 5.71. The molecule has 4 nitrogen and oxygen atoms in total. The minimum Gasteiger partial charge on any atom is -0.477 e. The van der Waals surface area contributed by atoms with Gasteiger partial charge in [-0.05, 0) is 55.2 Å². The molecule has 0 N–H and O–H groups in total. The quantitative estimate of drug-likeness (QED) is 0.464. The average molecular weight is 446 g/mol. The number of benzene rings is 3. The second-order valence-electron chi connectivity index (χ2n) is 8.33. The van der Waals surface area contributed by atoms with Crippen molar-refractivity contribution < 1.29 is 14.3 Å². The Morgan fingerprint density at radius 3 is 2.66 bits per heavy atom. The van der Waals surface area contributed by atoms with E-state index in [0.717, 1.165) is 58.1 Å². The van der Waals surface area contributed by atoms with Crippen molar-refractivity contribution in [3.8, 4) is 11.5 Å². The van der Waals surface area contributed by atoms with E-state index in [2.05, 4.69) is 11.0 Å². The Labute approximate surface area is 193 Å². The van der Waals surface area contributed by atoms with Crippen molar-refractivity contribution in [1.82, 2.24) is 4.90 Å². The molecule has 0 bridgehead atoms. The zero-order valence-corrected chi connectivity index (χ0v) is 18.9. The topological polar surface area (TPSA) is 38.8 Å². The van der Waals surface area contributed by atoms with Crippen LogP contribution in [0.25, 0.3) is 6.08 Å². The van der Waals surface area contributed by atoms with Crippen LogP contribution in [-0.2, 0) is 13.0 Å². The monoisotopic (exact) mass is 445 g/mol. The van der Waals surface area contributed by atoms with Crippen LogP contribution in [0.1, 0.15) is 38.2 Å². The average Bonchev–Trinajstić information content (AvgIpc) is 3.10. The lowest BCUT2D eigenvalue weighted by molar-refractivity contribution is 0.0954. The van der Waals surface area contributed by atoms with Gasteiger partial charge in [-0.3, -0.25) is 9.69 Å². The predicted octanol–water partition coefficient (Wildman–Crippen LogP) is 5.97. The van der Waals surface area contributed by atoms with Crippen LogP contribution in [-0.4, -0.2) is 24.0 Å². The van der Waals surface area contributed by atoms with E-state index in [1.165, 1.54) is 0 Å². The molecule has 0 aromatic heterocycles. The van der Waals surface area contributed by atoms with Crippen molar-refractivity contribution in [2.75, 3.05) is 13.3 Å². The van der Waals surface area contributed by atoms with Crippen LogP contribution in [0, 0.1) is 13.8 Å². The molecule has 162 valence electrons. The van der Waals surface area contributed by atoms with Gasteiger partial charge in [0.2, 0.25) is 5.78 Å². The van der Waals surface area contributed by atoms with Gasteiger partial charge in [0.05, 0.1) is 5.56 Å². The highest BCUT2D eigenvalue weighted by Crippen LogP contribution is 2.43. The van der Waals surface area contributed by atoms with Crippen LogP contribution in [0.4, 0.5) is 0 Å². The van der Waals surface area contributed by atoms with E-state index >= 15 is 0 Å². The highest BCUT2D eigenvalue weighted by Gasteiger charge is 2.33. The second-order valence-corrected chi connectivity index (χ2v) is 8.74. The minimum absolute atomic E-state index is 0.0812. The summed E-state index contributed by atoms with van der Waals surface area (Å²) in [6.45, 7) is 6.02. The van der Waals surface area contributed by atoms with Gasteiger partial charge in [-0.2, -0.15) is 0 Å². The van der Waals surface area contributed by atoms with Gasteiger partial charge in [0.1, 0.15) is 18.2 Å². The Hall–Kier alpha value is -3.08. The van der Waals surface area contributed by atoms with E-state index < -0.39 is 0 Å². The fraction of sp³-hybridized carbons (Fsp3) is 0.222. The SMILES string of the molecule is Cc1ccccc1/C=C1\Oc2c(cc3c(c2C)OCN(CCc2ccccc2Cl)C3)C1=O. The first kappa shape index (κ1) is 20.8. The maximum Gasteiger partial charge on any atom is 0.231 e. The summed E-state index contributed by atoms with van der Waals surface area (Å²) >= 11 is 6.30. The number of hydrogen-bond donors (Lipinski definition) is 0. The normalized spacial score (nSPS) is 16.5. The van der Waals surface area contributed by atoms with Crippen molar-refractivity contribution in [1.29, 1.82) is 0 Å². The van der Waals surface area contributed by atoms with Crippen molar-refractivity contribution in [3.05, 3.63) is 98.8 Å². The number of allylic oxidation sites excluding steroid dienone is 1. The lowest BCUT2D eigenvalue weighted by atomic mass is 9.99. The first-order valence-electron chi connectivity index (χ1n) is 10.8. The molecule has 0 aliphatic carbocycles. The van der Waals surface area contributed by atoms with Gasteiger partial charge in [-0.1, -0.05) is 54.1 Å². The molecule has 0 amide bonds. The van der Waals surface area contributed by atoms with Gasteiger partial charge in [-0.15, -0.1) is 0 Å². The van der Waals surface area contributed by atoms with Crippen LogP contribution in [0.3, 0.4) is 0 Å². The highest BCUT2D eigenvalue weighted by molar-refractivity contribution is 6.31. The van der Waals surface area contributed by atoms with Gasteiger partial charge < -0.3 is 9.47 Å². The van der Waals surface area contributed by atoms with Gasteiger partial charge >= 0.3 is 0 Å². The first-order valence-corrected chi connectivity index (χ1v) is 11.1. The molecule has 2 aliphatic rings. The lowest BCUT2D eigenvalue weighted by Gasteiger charge is -2.30. The fourth-order valence-electron chi connectivity index (χ4n) is 4.31. The summed E-state index contributed by atoms with van der Waals surface area (Å²) in [4.78, 5) is 15.3. The van der Waals surface area contributed by atoms with E-state index in [1.807, 2.05) is 68.5 Å². The molecule has 3 aromatic rings. The number of hydrogen-bond acceptors (Lipinski definition) is 4. The smallest absolute Gasteiger partial charge is 0.231 e. The van der Waals surface area contributed by atoms with E-state index in [0.29, 0.717) is 23.8 Å². The number of carbonyl (C=O) groups is 1. The Balaban J connectivity index is 1.38. The standard InChI is InChI=1S/C27H24ClNO3/c1-17-7-3-4-9-20(17)14-24-25(30)22-13-21-15-29(12-11-19-8-5-6-10-23(19)28)16-31-26(21)18(2)27(22)32-24/h3-10,13-14H,11-12,15-16H2,1-2H3/b24-14-. The van der Waals surface area contributed by atoms with E-state index in [9.17, 15) is 4.79 Å². The molecule has 0 fully saturated rings. The third-order valence-electron chi connectivity index (χ3n) is 6.13. The number of carbonyl (C=O) groups excluding carboxylic acids is 1. The number of nitrogens with zero attached hydrogens (tertiary/aromatic N) is 1. The molecule has 3 aromatic carbocycles. The van der Waals surface area contributed by atoms with Gasteiger partial charge in [0.15, 0.2) is 5.76 Å². The molecule has 0 saturated carbocycles. The third-order valence-corrected chi connectivity index (χ3v) is 6.50. The lowest BCUT2D eigenvalue weighted by Crippen LogP contribution is -2.34. The van der Waals surface area contributed by atoms with Crippen LogP contribution in [0.15, 0.2) is 60.4 Å². The molecule has 0 spiro atoms.